The number of hydrogen-bond acceptors (Lipinski definition) is 3. The molecule has 21 heavy (non-hydrogen) atoms. The number of amides is 1. The molecule has 4 heteroatoms. The molecule has 2 rings (SSSR count). The zero-order valence-corrected chi connectivity index (χ0v) is 13.4. The first-order valence-electron chi connectivity index (χ1n) is 7.81. The van der Waals surface area contributed by atoms with Gasteiger partial charge in [-0.2, -0.15) is 0 Å². The Hall–Kier alpha value is -1.55. The van der Waals surface area contributed by atoms with Crippen molar-refractivity contribution >= 4 is 11.6 Å². The molecule has 0 saturated carbocycles. The van der Waals surface area contributed by atoms with Gasteiger partial charge in [-0.05, 0) is 51.0 Å². The van der Waals surface area contributed by atoms with Gasteiger partial charge in [-0.25, -0.2) is 0 Å². The van der Waals surface area contributed by atoms with Crippen molar-refractivity contribution in [2.45, 2.75) is 58.7 Å². The molecule has 1 unspecified atom stereocenters. The van der Waals surface area contributed by atoms with Crippen molar-refractivity contribution in [3.63, 3.8) is 0 Å². The van der Waals surface area contributed by atoms with E-state index in [2.05, 4.69) is 19.2 Å². The highest BCUT2D eigenvalue weighted by atomic mass is 16.5. The summed E-state index contributed by atoms with van der Waals surface area (Å²) in [6.07, 6.45) is 2.11. The molecular formula is C17H26N2O2. The number of ether oxygens (including phenoxy) is 1. The lowest BCUT2D eigenvalue weighted by Gasteiger charge is -2.33. The molecule has 1 amide bonds. The number of piperidine rings is 1. The summed E-state index contributed by atoms with van der Waals surface area (Å²) in [7, 11) is 0. The van der Waals surface area contributed by atoms with Gasteiger partial charge in [-0.3, -0.25) is 4.79 Å². The lowest BCUT2D eigenvalue weighted by atomic mass is 10.0. The van der Waals surface area contributed by atoms with E-state index in [1.165, 1.54) is 0 Å². The monoisotopic (exact) mass is 290 g/mol. The van der Waals surface area contributed by atoms with Gasteiger partial charge >= 0.3 is 0 Å². The minimum atomic E-state index is -0.0645. The fourth-order valence-corrected chi connectivity index (χ4v) is 2.67. The number of nitrogens with one attached hydrogen (secondary N) is 1. The third kappa shape index (κ3) is 4.21. The number of carbonyl (C=O) groups is 1. The summed E-state index contributed by atoms with van der Waals surface area (Å²) in [5, 5.41) is 3.35. The third-order valence-electron chi connectivity index (χ3n) is 3.49. The van der Waals surface area contributed by atoms with Gasteiger partial charge in [0.05, 0.1) is 12.1 Å². The maximum absolute atomic E-state index is 12.6. The van der Waals surface area contributed by atoms with Crippen LogP contribution in [0.25, 0.3) is 0 Å². The maximum Gasteiger partial charge on any atom is 0.244 e. The average molecular weight is 290 g/mol. The van der Waals surface area contributed by atoms with Gasteiger partial charge in [0, 0.05) is 18.3 Å². The van der Waals surface area contributed by atoms with E-state index in [1.807, 2.05) is 43.0 Å². The molecule has 1 aromatic carbocycles. The fourth-order valence-electron chi connectivity index (χ4n) is 2.67. The number of anilines is 1. The SMILES string of the molecule is CC(C)NC1CCCN(c2ccc(OC(C)C)cc2)C1=O. The second-order valence-corrected chi connectivity index (χ2v) is 6.17. The van der Waals surface area contributed by atoms with E-state index in [0.29, 0.717) is 6.04 Å². The molecular weight excluding hydrogens is 264 g/mol. The molecule has 116 valence electrons. The average Bonchev–Trinajstić information content (AvgIpc) is 2.41. The summed E-state index contributed by atoms with van der Waals surface area (Å²) in [5.74, 6) is 1.02. The molecule has 0 spiro atoms. The molecule has 0 aromatic heterocycles. The summed E-state index contributed by atoms with van der Waals surface area (Å²) in [6, 6.07) is 8.05. The largest absolute Gasteiger partial charge is 0.491 e. The molecule has 0 aliphatic carbocycles. The van der Waals surface area contributed by atoms with E-state index in [1.54, 1.807) is 0 Å². The second kappa shape index (κ2) is 6.94. The Morgan fingerprint density at radius 2 is 1.86 bits per heavy atom. The highest BCUT2D eigenvalue weighted by Gasteiger charge is 2.29. The number of rotatable bonds is 5. The summed E-state index contributed by atoms with van der Waals surface area (Å²) >= 11 is 0. The maximum atomic E-state index is 12.6. The summed E-state index contributed by atoms with van der Waals surface area (Å²) in [5.41, 5.74) is 0.950. The molecule has 1 heterocycles. The van der Waals surface area contributed by atoms with Crippen LogP contribution in [0.15, 0.2) is 24.3 Å². The zero-order chi connectivity index (χ0) is 15.4. The first-order chi connectivity index (χ1) is 9.97. The highest BCUT2D eigenvalue weighted by Crippen LogP contribution is 2.24. The predicted molar refractivity (Wildman–Crippen MR) is 85.9 cm³/mol. The molecule has 1 aromatic rings. The van der Waals surface area contributed by atoms with Crippen LogP contribution in [0.2, 0.25) is 0 Å². The van der Waals surface area contributed by atoms with Crippen LogP contribution in [0, 0.1) is 0 Å². The lowest BCUT2D eigenvalue weighted by molar-refractivity contribution is -0.121. The van der Waals surface area contributed by atoms with Crippen molar-refractivity contribution in [2.75, 3.05) is 11.4 Å². The minimum Gasteiger partial charge on any atom is -0.491 e. The van der Waals surface area contributed by atoms with Crippen LogP contribution in [0.3, 0.4) is 0 Å². The van der Waals surface area contributed by atoms with Gasteiger partial charge in [0.1, 0.15) is 5.75 Å². The first-order valence-corrected chi connectivity index (χ1v) is 7.81. The van der Waals surface area contributed by atoms with Crippen LogP contribution in [-0.2, 0) is 4.79 Å². The van der Waals surface area contributed by atoms with Gasteiger partial charge in [-0.1, -0.05) is 13.8 Å². The Balaban J connectivity index is 2.07. The standard InChI is InChI=1S/C17H26N2O2/c1-12(2)18-16-6-5-11-19(17(16)20)14-7-9-15(10-8-14)21-13(3)4/h7-10,12-13,16,18H,5-6,11H2,1-4H3. The van der Waals surface area contributed by atoms with Crippen molar-refractivity contribution < 1.29 is 9.53 Å². The molecule has 1 aliphatic rings. The Bertz CT molecular complexity index is 468. The first kappa shape index (κ1) is 15.8. The van der Waals surface area contributed by atoms with Crippen molar-refractivity contribution in [1.29, 1.82) is 0 Å². The summed E-state index contributed by atoms with van der Waals surface area (Å²) < 4.78 is 5.64. The normalized spacial score (nSPS) is 19.4. The van der Waals surface area contributed by atoms with Crippen LogP contribution in [0.1, 0.15) is 40.5 Å². The topological polar surface area (TPSA) is 41.6 Å². The molecule has 1 fully saturated rings. The third-order valence-corrected chi connectivity index (χ3v) is 3.49. The van der Waals surface area contributed by atoms with Gasteiger partial charge in [-0.15, -0.1) is 0 Å². The van der Waals surface area contributed by atoms with Crippen molar-refractivity contribution in [1.82, 2.24) is 5.32 Å². The molecule has 4 nitrogen and oxygen atoms in total. The highest BCUT2D eigenvalue weighted by molar-refractivity contribution is 5.98. The Morgan fingerprint density at radius 3 is 2.43 bits per heavy atom. The van der Waals surface area contributed by atoms with E-state index in [4.69, 9.17) is 4.74 Å². The number of carbonyl (C=O) groups excluding carboxylic acids is 1. The number of nitrogens with zero attached hydrogens (tertiary/aromatic N) is 1. The molecule has 1 saturated heterocycles. The molecule has 1 aliphatic heterocycles. The van der Waals surface area contributed by atoms with E-state index in [9.17, 15) is 4.79 Å². The Kier molecular flexibility index (Phi) is 5.23. The molecule has 1 atom stereocenters. The molecule has 1 N–H and O–H groups in total. The smallest absolute Gasteiger partial charge is 0.244 e. The Labute approximate surface area is 127 Å². The van der Waals surface area contributed by atoms with E-state index in [-0.39, 0.29) is 18.1 Å². The van der Waals surface area contributed by atoms with Crippen LogP contribution in [-0.4, -0.2) is 30.6 Å². The lowest BCUT2D eigenvalue weighted by Crippen LogP contribution is -2.52. The number of benzene rings is 1. The van der Waals surface area contributed by atoms with Crippen molar-refractivity contribution in [3.8, 4) is 5.75 Å². The van der Waals surface area contributed by atoms with Crippen molar-refractivity contribution in [2.24, 2.45) is 0 Å². The van der Waals surface area contributed by atoms with Gasteiger partial charge in [0.25, 0.3) is 0 Å². The van der Waals surface area contributed by atoms with Gasteiger partial charge in [0.15, 0.2) is 0 Å². The second-order valence-electron chi connectivity index (χ2n) is 6.17. The van der Waals surface area contributed by atoms with Gasteiger partial charge in [0.2, 0.25) is 5.91 Å². The fraction of sp³-hybridized carbons (Fsp3) is 0.588. The molecule has 0 radical (unpaired) electrons. The summed E-state index contributed by atoms with van der Waals surface area (Å²) in [4.78, 5) is 14.4. The van der Waals surface area contributed by atoms with E-state index < -0.39 is 0 Å². The number of hydrogen-bond donors (Lipinski definition) is 1. The quantitative estimate of drug-likeness (QED) is 0.906. The van der Waals surface area contributed by atoms with Crippen LogP contribution >= 0.6 is 0 Å². The van der Waals surface area contributed by atoms with Crippen LogP contribution < -0.4 is 15.0 Å². The van der Waals surface area contributed by atoms with Crippen molar-refractivity contribution in [3.05, 3.63) is 24.3 Å². The predicted octanol–water partition coefficient (Wildman–Crippen LogP) is 2.97. The minimum absolute atomic E-state index is 0.0645. The van der Waals surface area contributed by atoms with Crippen LogP contribution in [0.5, 0.6) is 5.75 Å². The zero-order valence-electron chi connectivity index (χ0n) is 13.4. The van der Waals surface area contributed by atoms with Gasteiger partial charge < -0.3 is 15.0 Å². The van der Waals surface area contributed by atoms with E-state index in [0.717, 1.165) is 30.8 Å². The van der Waals surface area contributed by atoms with E-state index >= 15 is 0 Å². The summed E-state index contributed by atoms with van der Waals surface area (Å²) in [6.45, 7) is 8.95. The Morgan fingerprint density at radius 1 is 1.19 bits per heavy atom. The van der Waals surface area contributed by atoms with Crippen LogP contribution in [0.4, 0.5) is 5.69 Å². The molecule has 0 bridgehead atoms.